The first-order chi connectivity index (χ1) is 11.5. The highest BCUT2D eigenvalue weighted by molar-refractivity contribution is 7.90. The van der Waals surface area contributed by atoms with Gasteiger partial charge in [-0.1, -0.05) is 0 Å². The molecule has 2 N–H and O–H groups in total. The highest BCUT2D eigenvalue weighted by Crippen LogP contribution is 2.24. The van der Waals surface area contributed by atoms with Crippen LogP contribution in [0.15, 0.2) is 30.7 Å². The van der Waals surface area contributed by atoms with E-state index < -0.39 is 10.0 Å². The lowest BCUT2D eigenvalue weighted by Gasteiger charge is -2.17. The van der Waals surface area contributed by atoms with E-state index in [4.69, 9.17) is 0 Å². The van der Waals surface area contributed by atoms with E-state index >= 15 is 0 Å². The maximum Gasteiger partial charge on any atom is 0.216 e. The summed E-state index contributed by atoms with van der Waals surface area (Å²) in [4.78, 5) is 6.30. The number of aromatic nitrogens is 3. The molecule has 3 heterocycles. The SMILES string of the molecule is CC(C)NS(=O)(=O)C1CCN(Cc2cn[nH]c2-c2cccnc2)C1. The van der Waals surface area contributed by atoms with Crippen molar-refractivity contribution in [2.45, 2.75) is 38.1 Å². The maximum absolute atomic E-state index is 12.3. The monoisotopic (exact) mass is 349 g/mol. The van der Waals surface area contributed by atoms with Crippen molar-refractivity contribution in [3.05, 3.63) is 36.3 Å². The fourth-order valence-electron chi connectivity index (χ4n) is 3.05. The third-order valence-electron chi connectivity index (χ3n) is 4.13. The summed E-state index contributed by atoms with van der Waals surface area (Å²) in [5.74, 6) is 0. The second-order valence-electron chi connectivity index (χ2n) is 6.48. The van der Waals surface area contributed by atoms with Crippen molar-refractivity contribution < 1.29 is 8.42 Å². The van der Waals surface area contributed by atoms with Gasteiger partial charge in [-0.3, -0.25) is 15.0 Å². The molecule has 8 heteroatoms. The topological polar surface area (TPSA) is 91.0 Å². The summed E-state index contributed by atoms with van der Waals surface area (Å²) in [6.45, 7) is 5.67. The molecule has 0 aliphatic carbocycles. The quantitative estimate of drug-likeness (QED) is 0.822. The summed E-state index contributed by atoms with van der Waals surface area (Å²) < 4.78 is 27.3. The van der Waals surface area contributed by atoms with Crippen LogP contribution in [0.2, 0.25) is 0 Å². The minimum atomic E-state index is -3.26. The van der Waals surface area contributed by atoms with Gasteiger partial charge in [0.1, 0.15) is 0 Å². The number of hydrogen-bond donors (Lipinski definition) is 2. The van der Waals surface area contributed by atoms with Gasteiger partial charge < -0.3 is 0 Å². The molecule has 0 saturated carbocycles. The van der Waals surface area contributed by atoms with Crippen LogP contribution in [0.4, 0.5) is 0 Å². The van der Waals surface area contributed by atoms with Gasteiger partial charge in [-0.25, -0.2) is 13.1 Å². The Labute approximate surface area is 142 Å². The summed E-state index contributed by atoms with van der Waals surface area (Å²) in [5.41, 5.74) is 2.97. The van der Waals surface area contributed by atoms with Crippen molar-refractivity contribution >= 4 is 10.0 Å². The Morgan fingerprint density at radius 2 is 2.25 bits per heavy atom. The summed E-state index contributed by atoms with van der Waals surface area (Å²) >= 11 is 0. The lowest BCUT2D eigenvalue weighted by atomic mass is 10.1. The molecule has 24 heavy (non-hydrogen) atoms. The molecule has 1 fully saturated rings. The average molecular weight is 349 g/mol. The zero-order valence-electron chi connectivity index (χ0n) is 13.9. The largest absolute Gasteiger partial charge is 0.298 e. The van der Waals surface area contributed by atoms with Crippen LogP contribution in [0, 0.1) is 0 Å². The van der Waals surface area contributed by atoms with Crippen molar-refractivity contribution in [3.63, 3.8) is 0 Å². The lowest BCUT2D eigenvalue weighted by Crippen LogP contribution is -2.39. The van der Waals surface area contributed by atoms with Crippen molar-refractivity contribution in [1.29, 1.82) is 0 Å². The molecule has 0 spiro atoms. The molecule has 1 unspecified atom stereocenters. The van der Waals surface area contributed by atoms with Crippen molar-refractivity contribution in [1.82, 2.24) is 24.8 Å². The number of pyridine rings is 1. The van der Waals surface area contributed by atoms with Gasteiger partial charge in [-0.05, 0) is 38.9 Å². The number of H-pyrrole nitrogens is 1. The first-order valence-electron chi connectivity index (χ1n) is 8.12. The smallest absolute Gasteiger partial charge is 0.216 e. The lowest BCUT2D eigenvalue weighted by molar-refractivity contribution is 0.331. The Hall–Kier alpha value is -1.77. The second-order valence-corrected chi connectivity index (χ2v) is 8.47. The minimum absolute atomic E-state index is 0.0740. The molecule has 1 aliphatic heterocycles. The van der Waals surface area contributed by atoms with E-state index in [1.54, 1.807) is 18.6 Å². The third-order valence-corrected chi connectivity index (χ3v) is 6.19. The van der Waals surface area contributed by atoms with E-state index in [-0.39, 0.29) is 11.3 Å². The number of rotatable bonds is 6. The van der Waals surface area contributed by atoms with Crippen LogP contribution < -0.4 is 4.72 Å². The van der Waals surface area contributed by atoms with Gasteiger partial charge in [0, 0.05) is 42.7 Å². The number of nitrogens with one attached hydrogen (secondary N) is 2. The number of aromatic amines is 1. The Morgan fingerprint density at radius 3 is 2.96 bits per heavy atom. The first kappa shape index (κ1) is 17.1. The minimum Gasteiger partial charge on any atom is -0.298 e. The summed E-state index contributed by atoms with van der Waals surface area (Å²) in [7, 11) is -3.26. The number of likely N-dealkylation sites (tertiary alicyclic amines) is 1. The zero-order chi connectivity index (χ0) is 17.2. The molecule has 3 rings (SSSR count). The van der Waals surface area contributed by atoms with Crippen LogP contribution in [-0.4, -0.2) is 52.9 Å². The molecular weight excluding hydrogens is 326 g/mol. The standard InChI is InChI=1S/C16H23N5O2S/c1-12(2)20-24(22,23)15-5-7-21(11-15)10-14-9-18-19-16(14)13-4-3-6-17-8-13/h3-4,6,8-9,12,15,20H,5,7,10-11H2,1-2H3,(H,18,19). The number of nitrogens with zero attached hydrogens (tertiary/aromatic N) is 3. The summed E-state index contributed by atoms with van der Waals surface area (Å²) in [5, 5.41) is 6.80. The fourth-order valence-corrected chi connectivity index (χ4v) is 4.72. The Kier molecular flexibility index (Phi) is 4.98. The summed E-state index contributed by atoms with van der Waals surface area (Å²) in [6, 6.07) is 3.79. The molecule has 7 nitrogen and oxygen atoms in total. The third kappa shape index (κ3) is 3.82. The first-order valence-corrected chi connectivity index (χ1v) is 9.66. The second kappa shape index (κ2) is 7.00. The van der Waals surface area contributed by atoms with Gasteiger partial charge in [0.25, 0.3) is 0 Å². The van der Waals surface area contributed by atoms with E-state index in [1.165, 1.54) is 0 Å². The van der Waals surface area contributed by atoms with Gasteiger partial charge in [0.05, 0.1) is 17.1 Å². The van der Waals surface area contributed by atoms with Gasteiger partial charge >= 0.3 is 0 Å². The van der Waals surface area contributed by atoms with E-state index in [1.807, 2.05) is 26.0 Å². The van der Waals surface area contributed by atoms with Crippen molar-refractivity contribution in [2.24, 2.45) is 0 Å². The molecule has 1 atom stereocenters. The molecule has 0 radical (unpaired) electrons. The van der Waals surface area contributed by atoms with Gasteiger partial charge in [0.2, 0.25) is 10.0 Å². The molecule has 1 aliphatic rings. The molecule has 2 aromatic rings. The van der Waals surface area contributed by atoms with Crippen LogP contribution in [0.3, 0.4) is 0 Å². The number of hydrogen-bond acceptors (Lipinski definition) is 5. The van der Waals surface area contributed by atoms with E-state index in [2.05, 4.69) is 24.8 Å². The molecule has 0 aromatic carbocycles. The molecule has 0 bridgehead atoms. The molecule has 130 valence electrons. The Bertz CT molecular complexity index is 773. The Morgan fingerprint density at radius 1 is 1.42 bits per heavy atom. The van der Waals surface area contributed by atoms with Crippen LogP contribution in [-0.2, 0) is 16.6 Å². The highest BCUT2D eigenvalue weighted by atomic mass is 32.2. The molecule has 0 amide bonds. The van der Waals surface area contributed by atoms with Gasteiger partial charge in [-0.15, -0.1) is 0 Å². The van der Waals surface area contributed by atoms with Crippen LogP contribution in [0.1, 0.15) is 25.8 Å². The van der Waals surface area contributed by atoms with E-state index in [9.17, 15) is 8.42 Å². The summed E-state index contributed by atoms with van der Waals surface area (Å²) in [6.07, 6.45) is 5.98. The van der Waals surface area contributed by atoms with Crippen LogP contribution in [0.25, 0.3) is 11.3 Å². The van der Waals surface area contributed by atoms with Crippen LogP contribution in [0.5, 0.6) is 0 Å². The predicted molar refractivity (Wildman–Crippen MR) is 92.7 cm³/mol. The van der Waals surface area contributed by atoms with E-state index in [0.29, 0.717) is 19.5 Å². The average Bonchev–Trinajstić information content (AvgIpc) is 3.17. The highest BCUT2D eigenvalue weighted by Gasteiger charge is 2.33. The number of sulfonamides is 1. The maximum atomic E-state index is 12.3. The van der Waals surface area contributed by atoms with Crippen molar-refractivity contribution in [2.75, 3.05) is 13.1 Å². The fraction of sp³-hybridized carbons (Fsp3) is 0.500. The molecule has 1 saturated heterocycles. The van der Waals surface area contributed by atoms with Gasteiger partial charge in [0.15, 0.2) is 0 Å². The molecular formula is C16H23N5O2S. The van der Waals surface area contributed by atoms with E-state index in [0.717, 1.165) is 23.4 Å². The van der Waals surface area contributed by atoms with Crippen LogP contribution >= 0.6 is 0 Å². The molecule has 2 aromatic heterocycles. The zero-order valence-corrected chi connectivity index (χ0v) is 14.8. The normalized spacial score (nSPS) is 19.2. The van der Waals surface area contributed by atoms with Gasteiger partial charge in [-0.2, -0.15) is 5.10 Å². The van der Waals surface area contributed by atoms with Crippen molar-refractivity contribution in [3.8, 4) is 11.3 Å². The predicted octanol–water partition coefficient (Wildman–Crippen LogP) is 1.37. The Balaban J connectivity index is 1.68.